The first-order chi connectivity index (χ1) is 9.60. The van der Waals surface area contributed by atoms with Crippen LogP contribution in [0.5, 0.6) is 0 Å². The molecular formula is C15H16BrClFNS. The van der Waals surface area contributed by atoms with Gasteiger partial charge >= 0.3 is 0 Å². The van der Waals surface area contributed by atoms with Gasteiger partial charge in [0.25, 0.3) is 0 Å². The highest BCUT2D eigenvalue weighted by Gasteiger charge is 2.17. The lowest BCUT2D eigenvalue weighted by Gasteiger charge is -2.19. The van der Waals surface area contributed by atoms with Crippen LogP contribution in [0.1, 0.15) is 29.8 Å². The van der Waals surface area contributed by atoms with Crippen molar-refractivity contribution in [3.8, 4) is 0 Å². The quantitative estimate of drug-likeness (QED) is 0.693. The van der Waals surface area contributed by atoms with Crippen molar-refractivity contribution in [1.82, 2.24) is 5.32 Å². The minimum atomic E-state index is -0.210. The van der Waals surface area contributed by atoms with E-state index in [4.69, 9.17) is 11.6 Å². The minimum Gasteiger partial charge on any atom is -0.310 e. The van der Waals surface area contributed by atoms with Crippen LogP contribution in [0.15, 0.2) is 34.1 Å². The maximum atomic E-state index is 14.1. The number of hydrogen-bond acceptors (Lipinski definition) is 2. The highest BCUT2D eigenvalue weighted by Crippen LogP contribution is 2.29. The van der Waals surface area contributed by atoms with Gasteiger partial charge in [-0.15, -0.1) is 11.3 Å². The first-order valence-corrected chi connectivity index (χ1v) is 8.51. The molecule has 0 saturated carbocycles. The summed E-state index contributed by atoms with van der Waals surface area (Å²) in [4.78, 5) is 1.21. The molecule has 1 atom stereocenters. The molecule has 5 heteroatoms. The van der Waals surface area contributed by atoms with Crippen LogP contribution in [0.4, 0.5) is 4.39 Å². The number of halogens is 3. The SMILES string of the molecule is CCCNC(Cc1ccc(Br)s1)c1cc(Cl)ccc1F. The van der Waals surface area contributed by atoms with E-state index in [1.165, 1.54) is 10.9 Å². The molecule has 1 aromatic heterocycles. The fourth-order valence-electron chi connectivity index (χ4n) is 2.05. The maximum Gasteiger partial charge on any atom is 0.128 e. The van der Waals surface area contributed by atoms with E-state index in [9.17, 15) is 4.39 Å². The molecule has 1 heterocycles. The Bertz CT molecular complexity index is 573. The van der Waals surface area contributed by atoms with Crippen molar-refractivity contribution in [2.45, 2.75) is 25.8 Å². The normalized spacial score (nSPS) is 12.6. The second-order valence-electron chi connectivity index (χ2n) is 4.58. The summed E-state index contributed by atoms with van der Waals surface area (Å²) in [7, 11) is 0. The van der Waals surface area contributed by atoms with Crippen LogP contribution in [-0.2, 0) is 6.42 Å². The zero-order chi connectivity index (χ0) is 14.5. The van der Waals surface area contributed by atoms with E-state index in [0.717, 1.165) is 23.2 Å². The molecule has 0 spiro atoms. The summed E-state index contributed by atoms with van der Waals surface area (Å²) < 4.78 is 15.1. The van der Waals surface area contributed by atoms with Gasteiger partial charge in [0.05, 0.1) is 3.79 Å². The lowest BCUT2D eigenvalue weighted by molar-refractivity contribution is 0.499. The molecule has 0 saturated heterocycles. The third kappa shape index (κ3) is 4.29. The molecule has 20 heavy (non-hydrogen) atoms. The Hall–Kier alpha value is -0.420. The van der Waals surface area contributed by atoms with Crippen LogP contribution in [0, 0.1) is 5.82 Å². The molecule has 0 fully saturated rings. The average Bonchev–Trinajstić information content (AvgIpc) is 2.83. The molecule has 0 bridgehead atoms. The van der Waals surface area contributed by atoms with E-state index < -0.39 is 0 Å². The van der Waals surface area contributed by atoms with Gasteiger partial charge in [0, 0.05) is 27.9 Å². The van der Waals surface area contributed by atoms with Crippen molar-refractivity contribution in [3.05, 3.63) is 55.4 Å². The number of hydrogen-bond donors (Lipinski definition) is 1. The van der Waals surface area contributed by atoms with Gasteiger partial charge in [-0.25, -0.2) is 4.39 Å². The first kappa shape index (κ1) is 16.0. The number of thiophene rings is 1. The van der Waals surface area contributed by atoms with E-state index >= 15 is 0 Å². The molecule has 108 valence electrons. The van der Waals surface area contributed by atoms with Crippen LogP contribution in [0.3, 0.4) is 0 Å². The van der Waals surface area contributed by atoms with E-state index in [-0.39, 0.29) is 11.9 Å². The smallest absolute Gasteiger partial charge is 0.128 e. The fraction of sp³-hybridized carbons (Fsp3) is 0.333. The summed E-state index contributed by atoms with van der Waals surface area (Å²) in [6, 6.07) is 8.76. The van der Waals surface area contributed by atoms with Crippen LogP contribution >= 0.6 is 38.9 Å². The van der Waals surface area contributed by atoms with Gasteiger partial charge < -0.3 is 5.32 Å². The monoisotopic (exact) mass is 375 g/mol. The molecule has 1 aromatic carbocycles. The first-order valence-electron chi connectivity index (χ1n) is 6.52. The molecule has 1 nitrogen and oxygen atoms in total. The Labute approximate surface area is 136 Å². The van der Waals surface area contributed by atoms with Gasteiger partial charge in [-0.1, -0.05) is 18.5 Å². The zero-order valence-electron chi connectivity index (χ0n) is 11.1. The second kappa shape index (κ2) is 7.55. The van der Waals surface area contributed by atoms with Gasteiger partial charge in [-0.05, 0) is 59.2 Å². The summed E-state index contributed by atoms with van der Waals surface area (Å²) in [6.07, 6.45) is 1.76. The predicted octanol–water partition coefficient (Wildman–Crippen LogP) is 5.59. The number of rotatable bonds is 6. The second-order valence-corrected chi connectivity index (χ2v) is 7.57. The van der Waals surface area contributed by atoms with E-state index in [1.807, 2.05) is 6.07 Å². The van der Waals surface area contributed by atoms with Crippen molar-refractivity contribution in [2.24, 2.45) is 0 Å². The molecule has 0 radical (unpaired) electrons. The van der Waals surface area contributed by atoms with Crippen molar-refractivity contribution < 1.29 is 4.39 Å². The third-order valence-corrected chi connectivity index (χ3v) is 4.89. The molecule has 1 N–H and O–H groups in total. The summed E-state index contributed by atoms with van der Waals surface area (Å²) in [5.74, 6) is -0.210. The highest BCUT2D eigenvalue weighted by molar-refractivity contribution is 9.11. The Kier molecular flexibility index (Phi) is 6.02. The standard InChI is InChI=1S/C15H16BrClFNS/c1-2-7-19-14(9-11-4-6-15(16)20-11)12-8-10(17)3-5-13(12)18/h3-6,8,14,19H,2,7,9H2,1H3. The van der Waals surface area contributed by atoms with E-state index in [1.54, 1.807) is 23.5 Å². The van der Waals surface area contributed by atoms with Crippen LogP contribution in [-0.4, -0.2) is 6.54 Å². The van der Waals surface area contributed by atoms with Gasteiger partial charge in [0.1, 0.15) is 5.82 Å². The van der Waals surface area contributed by atoms with Gasteiger partial charge in [-0.3, -0.25) is 0 Å². The van der Waals surface area contributed by atoms with Gasteiger partial charge in [-0.2, -0.15) is 0 Å². The molecule has 0 aliphatic heterocycles. The number of nitrogens with one attached hydrogen (secondary N) is 1. The zero-order valence-corrected chi connectivity index (χ0v) is 14.3. The van der Waals surface area contributed by atoms with Gasteiger partial charge in [0.15, 0.2) is 0 Å². The van der Waals surface area contributed by atoms with E-state index in [0.29, 0.717) is 10.6 Å². The maximum absolute atomic E-state index is 14.1. The Morgan fingerprint density at radius 2 is 2.15 bits per heavy atom. The highest BCUT2D eigenvalue weighted by atomic mass is 79.9. The summed E-state index contributed by atoms with van der Waals surface area (Å²) >= 11 is 11.1. The molecule has 0 aliphatic carbocycles. The summed E-state index contributed by atoms with van der Waals surface area (Å²) in [6.45, 7) is 2.95. The molecule has 0 aliphatic rings. The summed E-state index contributed by atoms with van der Waals surface area (Å²) in [5, 5.41) is 3.97. The molecule has 2 rings (SSSR count). The minimum absolute atomic E-state index is 0.0563. The Balaban J connectivity index is 2.24. The largest absolute Gasteiger partial charge is 0.310 e. The fourth-order valence-corrected chi connectivity index (χ4v) is 3.76. The number of benzene rings is 1. The van der Waals surface area contributed by atoms with E-state index in [2.05, 4.69) is 34.2 Å². The Morgan fingerprint density at radius 1 is 1.35 bits per heavy atom. The Morgan fingerprint density at radius 3 is 2.80 bits per heavy atom. The topological polar surface area (TPSA) is 12.0 Å². The average molecular weight is 377 g/mol. The summed E-state index contributed by atoms with van der Waals surface area (Å²) in [5.41, 5.74) is 0.635. The predicted molar refractivity (Wildman–Crippen MR) is 88.2 cm³/mol. The molecule has 0 amide bonds. The molecule has 2 aromatic rings. The lowest BCUT2D eigenvalue weighted by Crippen LogP contribution is -2.24. The third-order valence-electron chi connectivity index (χ3n) is 3.01. The van der Waals surface area contributed by atoms with Crippen LogP contribution in [0.2, 0.25) is 5.02 Å². The molecular weight excluding hydrogens is 361 g/mol. The van der Waals surface area contributed by atoms with Crippen molar-refractivity contribution >= 4 is 38.9 Å². The van der Waals surface area contributed by atoms with Gasteiger partial charge in [0.2, 0.25) is 0 Å². The molecule has 1 unspecified atom stereocenters. The van der Waals surface area contributed by atoms with Crippen molar-refractivity contribution in [3.63, 3.8) is 0 Å². The van der Waals surface area contributed by atoms with Crippen LogP contribution < -0.4 is 5.32 Å². The van der Waals surface area contributed by atoms with Crippen molar-refractivity contribution in [2.75, 3.05) is 6.54 Å². The van der Waals surface area contributed by atoms with Crippen molar-refractivity contribution in [1.29, 1.82) is 0 Å². The van der Waals surface area contributed by atoms with Crippen LogP contribution in [0.25, 0.3) is 0 Å². The lowest BCUT2D eigenvalue weighted by atomic mass is 10.0.